The average Bonchev–Trinajstić information content (AvgIpc) is 2.47. The zero-order chi connectivity index (χ0) is 15.9. The molecule has 2 aromatic carbocycles. The first-order chi connectivity index (χ1) is 10.5. The van der Waals surface area contributed by atoms with Crippen LogP contribution in [0.3, 0.4) is 0 Å². The zero-order valence-corrected chi connectivity index (χ0v) is 12.0. The van der Waals surface area contributed by atoms with Gasteiger partial charge in [0.2, 0.25) is 11.9 Å². The Balaban J connectivity index is 2.09. The van der Waals surface area contributed by atoms with Crippen molar-refractivity contribution in [2.24, 2.45) is 10.7 Å². The quantitative estimate of drug-likeness (QED) is 0.597. The van der Waals surface area contributed by atoms with Crippen molar-refractivity contribution in [3.05, 3.63) is 60.2 Å². The van der Waals surface area contributed by atoms with Crippen LogP contribution in [-0.2, 0) is 4.79 Å². The SMILES string of the molecule is CC(=O)Nc1cccc(N=C(N)NC(=O)c2ccccc2)c1. The molecule has 22 heavy (non-hydrogen) atoms. The lowest BCUT2D eigenvalue weighted by Crippen LogP contribution is -2.36. The summed E-state index contributed by atoms with van der Waals surface area (Å²) in [6.07, 6.45) is 0. The molecule has 0 atom stereocenters. The lowest BCUT2D eigenvalue weighted by Gasteiger charge is -2.05. The van der Waals surface area contributed by atoms with Crippen LogP contribution in [0.5, 0.6) is 0 Å². The lowest BCUT2D eigenvalue weighted by atomic mass is 10.2. The molecule has 6 nitrogen and oxygen atoms in total. The van der Waals surface area contributed by atoms with Crippen LogP contribution >= 0.6 is 0 Å². The maximum atomic E-state index is 11.9. The monoisotopic (exact) mass is 296 g/mol. The third kappa shape index (κ3) is 4.45. The summed E-state index contributed by atoms with van der Waals surface area (Å²) in [5.74, 6) is -0.528. The van der Waals surface area contributed by atoms with E-state index < -0.39 is 0 Å². The van der Waals surface area contributed by atoms with Crippen LogP contribution in [0.4, 0.5) is 11.4 Å². The predicted molar refractivity (Wildman–Crippen MR) is 85.9 cm³/mol. The van der Waals surface area contributed by atoms with E-state index in [1.807, 2.05) is 6.07 Å². The van der Waals surface area contributed by atoms with Gasteiger partial charge in [0.15, 0.2) is 0 Å². The number of benzene rings is 2. The molecule has 2 amide bonds. The van der Waals surface area contributed by atoms with E-state index in [0.29, 0.717) is 16.9 Å². The predicted octanol–water partition coefficient (Wildman–Crippen LogP) is 2.02. The van der Waals surface area contributed by atoms with Crippen molar-refractivity contribution in [3.8, 4) is 0 Å². The van der Waals surface area contributed by atoms with Gasteiger partial charge in [-0.3, -0.25) is 14.9 Å². The van der Waals surface area contributed by atoms with Gasteiger partial charge in [0.1, 0.15) is 0 Å². The third-order valence-corrected chi connectivity index (χ3v) is 2.69. The summed E-state index contributed by atoms with van der Waals surface area (Å²) in [7, 11) is 0. The molecule has 0 aromatic heterocycles. The van der Waals surface area contributed by atoms with Crippen molar-refractivity contribution in [3.63, 3.8) is 0 Å². The molecule has 0 saturated carbocycles. The van der Waals surface area contributed by atoms with Gasteiger partial charge in [0.05, 0.1) is 5.69 Å². The van der Waals surface area contributed by atoms with E-state index in [1.165, 1.54) is 6.92 Å². The first-order valence-electron chi connectivity index (χ1n) is 6.63. The summed E-state index contributed by atoms with van der Waals surface area (Å²) < 4.78 is 0. The largest absolute Gasteiger partial charge is 0.369 e. The van der Waals surface area contributed by atoms with Gasteiger partial charge in [0, 0.05) is 18.2 Å². The molecule has 0 radical (unpaired) electrons. The molecule has 0 bridgehead atoms. The molecule has 0 unspecified atom stereocenters. The van der Waals surface area contributed by atoms with Crippen LogP contribution in [0.1, 0.15) is 17.3 Å². The van der Waals surface area contributed by atoms with Crippen molar-refractivity contribution < 1.29 is 9.59 Å². The van der Waals surface area contributed by atoms with Crippen LogP contribution in [0.15, 0.2) is 59.6 Å². The Bertz CT molecular complexity index is 711. The molecule has 0 aliphatic rings. The van der Waals surface area contributed by atoms with Crippen LogP contribution in [0, 0.1) is 0 Å². The highest BCUT2D eigenvalue weighted by atomic mass is 16.2. The van der Waals surface area contributed by atoms with Gasteiger partial charge in [-0.1, -0.05) is 24.3 Å². The normalized spacial score (nSPS) is 10.9. The van der Waals surface area contributed by atoms with Crippen molar-refractivity contribution in [2.45, 2.75) is 6.92 Å². The van der Waals surface area contributed by atoms with Crippen LogP contribution < -0.4 is 16.4 Å². The van der Waals surface area contributed by atoms with E-state index in [1.54, 1.807) is 48.5 Å². The molecule has 2 aromatic rings. The molecule has 0 fully saturated rings. The summed E-state index contributed by atoms with van der Waals surface area (Å²) >= 11 is 0. The summed E-state index contributed by atoms with van der Waals surface area (Å²) in [4.78, 5) is 27.1. The van der Waals surface area contributed by atoms with Gasteiger partial charge < -0.3 is 11.1 Å². The number of amides is 2. The second-order valence-corrected chi connectivity index (χ2v) is 4.55. The fraction of sp³-hybridized carbons (Fsp3) is 0.0625. The molecular formula is C16H16N4O2. The molecule has 0 heterocycles. The summed E-state index contributed by atoms with van der Waals surface area (Å²) in [6.45, 7) is 1.42. The lowest BCUT2D eigenvalue weighted by molar-refractivity contribution is -0.114. The number of aliphatic imine (C=N–C) groups is 1. The van der Waals surface area contributed by atoms with Gasteiger partial charge in [-0.2, -0.15) is 0 Å². The first kappa shape index (κ1) is 15.2. The number of hydrogen-bond acceptors (Lipinski definition) is 3. The molecule has 0 aliphatic heterocycles. The number of nitrogens with two attached hydrogens (primary N) is 1. The topological polar surface area (TPSA) is 96.6 Å². The summed E-state index contributed by atoms with van der Waals surface area (Å²) in [5.41, 5.74) is 7.35. The van der Waals surface area contributed by atoms with Gasteiger partial charge in [-0.25, -0.2) is 4.99 Å². The fourth-order valence-electron chi connectivity index (χ4n) is 1.80. The number of hydrogen-bond donors (Lipinski definition) is 3. The Kier molecular flexibility index (Phi) is 4.87. The third-order valence-electron chi connectivity index (χ3n) is 2.69. The standard InChI is InChI=1S/C16H16N4O2/c1-11(21)18-13-8-5-9-14(10-13)19-16(17)20-15(22)12-6-3-2-4-7-12/h2-10H,1H3,(H,18,21)(H3,17,19,20,22). The Labute approximate surface area is 128 Å². The molecular weight excluding hydrogens is 280 g/mol. The highest BCUT2D eigenvalue weighted by Gasteiger charge is 2.06. The summed E-state index contributed by atoms with van der Waals surface area (Å²) in [5, 5.41) is 5.16. The average molecular weight is 296 g/mol. The smallest absolute Gasteiger partial charge is 0.257 e. The number of carbonyl (C=O) groups excluding carboxylic acids is 2. The van der Waals surface area contributed by atoms with Gasteiger partial charge in [0.25, 0.3) is 5.91 Å². The minimum Gasteiger partial charge on any atom is -0.369 e. The molecule has 6 heteroatoms. The fourth-order valence-corrected chi connectivity index (χ4v) is 1.80. The van der Waals surface area contributed by atoms with E-state index >= 15 is 0 Å². The Hall–Kier alpha value is -3.15. The van der Waals surface area contributed by atoms with Crippen LogP contribution in [0.25, 0.3) is 0 Å². The second-order valence-electron chi connectivity index (χ2n) is 4.55. The van der Waals surface area contributed by atoms with Crippen molar-refractivity contribution in [2.75, 3.05) is 5.32 Å². The van der Waals surface area contributed by atoms with E-state index in [9.17, 15) is 9.59 Å². The molecule has 2 rings (SSSR count). The highest BCUT2D eigenvalue weighted by Crippen LogP contribution is 2.17. The van der Waals surface area contributed by atoms with Gasteiger partial charge in [-0.15, -0.1) is 0 Å². The Morgan fingerprint density at radius 2 is 1.77 bits per heavy atom. The van der Waals surface area contributed by atoms with Crippen LogP contribution in [0.2, 0.25) is 0 Å². The number of anilines is 1. The number of nitrogens with one attached hydrogen (secondary N) is 2. The maximum absolute atomic E-state index is 11.9. The van der Waals surface area contributed by atoms with E-state index in [0.717, 1.165) is 0 Å². The van der Waals surface area contributed by atoms with Crippen molar-refractivity contribution >= 4 is 29.1 Å². The van der Waals surface area contributed by atoms with Crippen molar-refractivity contribution in [1.82, 2.24) is 5.32 Å². The van der Waals surface area contributed by atoms with Gasteiger partial charge >= 0.3 is 0 Å². The van der Waals surface area contributed by atoms with Crippen LogP contribution in [-0.4, -0.2) is 17.8 Å². The number of nitrogens with zero attached hydrogens (tertiary/aromatic N) is 1. The second kappa shape index (κ2) is 7.03. The minimum absolute atomic E-state index is 0.0196. The molecule has 0 saturated heterocycles. The minimum atomic E-state index is -0.333. The highest BCUT2D eigenvalue weighted by molar-refractivity contribution is 6.05. The van der Waals surface area contributed by atoms with E-state index in [4.69, 9.17) is 5.73 Å². The molecule has 0 aliphatic carbocycles. The van der Waals surface area contributed by atoms with Gasteiger partial charge in [-0.05, 0) is 30.3 Å². The summed E-state index contributed by atoms with van der Waals surface area (Å²) in [6, 6.07) is 15.5. The van der Waals surface area contributed by atoms with E-state index in [2.05, 4.69) is 15.6 Å². The number of carbonyl (C=O) groups is 2. The first-order valence-corrected chi connectivity index (χ1v) is 6.63. The Morgan fingerprint density at radius 1 is 1.05 bits per heavy atom. The van der Waals surface area contributed by atoms with Crippen molar-refractivity contribution in [1.29, 1.82) is 0 Å². The number of rotatable bonds is 3. The Morgan fingerprint density at radius 3 is 2.45 bits per heavy atom. The number of guanidine groups is 1. The van der Waals surface area contributed by atoms with E-state index in [-0.39, 0.29) is 17.8 Å². The molecule has 4 N–H and O–H groups in total. The zero-order valence-electron chi connectivity index (χ0n) is 12.0. The molecule has 112 valence electrons. The maximum Gasteiger partial charge on any atom is 0.257 e. The molecule has 0 spiro atoms.